The van der Waals surface area contributed by atoms with Crippen molar-refractivity contribution >= 4 is 138 Å². The van der Waals surface area contributed by atoms with Crippen LogP contribution in [0.15, 0.2) is 60.9 Å². The largest absolute Gasteiger partial charge is 0.481 e. The molecule has 21 N–H and O–H groups in total. The van der Waals surface area contributed by atoms with Gasteiger partial charge < -0.3 is 105 Å². The fraction of sp³-hybridized carbons (Fsp3) is 0.562. The van der Waals surface area contributed by atoms with Crippen molar-refractivity contribution in [1.82, 2.24) is 79.1 Å². The van der Waals surface area contributed by atoms with Crippen LogP contribution < -0.4 is 74.9 Å². The number of benzene rings is 2. The summed E-state index contributed by atoms with van der Waals surface area (Å²) in [5.41, 5.74) is 8.15. The van der Waals surface area contributed by atoms with Crippen LogP contribution in [0.2, 0.25) is 0 Å². The number of fused-ring (bicyclic) bond motifs is 2. The summed E-state index contributed by atoms with van der Waals surface area (Å²) >= 11 is 0. The quantitative estimate of drug-likeness (QED) is 0.0287. The fourth-order valence-corrected chi connectivity index (χ4v) is 14.3. The fourth-order valence-electron chi connectivity index (χ4n) is 12.0. The molecule has 13 amide bonds. The van der Waals surface area contributed by atoms with Gasteiger partial charge in [-0.15, -0.1) is 0 Å². The highest BCUT2D eigenvalue weighted by molar-refractivity contribution is 8.76. The number of para-hydroxylation sites is 2. The predicted octanol–water partition coefficient (Wildman–Crippen LogP) is -0.735. The van der Waals surface area contributed by atoms with Gasteiger partial charge in [0, 0.05) is 96.8 Å². The van der Waals surface area contributed by atoms with Gasteiger partial charge in [-0.2, -0.15) is 0 Å². The average molecular weight is 1590 g/mol. The lowest BCUT2D eigenvalue weighted by atomic mass is 9.97. The van der Waals surface area contributed by atoms with E-state index in [1.165, 1.54) is 6.92 Å². The molecule has 1 fully saturated rings. The molecule has 0 aliphatic carbocycles. The number of nitrogens with two attached hydrogens (primary N) is 1. The molecule has 610 valence electrons. The van der Waals surface area contributed by atoms with Gasteiger partial charge in [0.2, 0.25) is 76.8 Å². The van der Waals surface area contributed by atoms with Crippen molar-refractivity contribution in [2.75, 3.05) is 24.6 Å². The smallest absolute Gasteiger partial charge is 0.328 e. The topological polar surface area (TPSA) is 568 Å². The third-order valence-corrected chi connectivity index (χ3v) is 20.3. The number of carboxylic acid groups (broad SMARTS) is 3. The Balaban J connectivity index is 1.63. The molecule has 38 heteroatoms. The first kappa shape index (κ1) is 91.3. The second-order valence-corrected chi connectivity index (χ2v) is 31.2. The molecule has 0 spiro atoms. The molecular formula is C73H106N16O20S2. The van der Waals surface area contributed by atoms with Gasteiger partial charge in [-0.05, 0) is 99.9 Å². The molecule has 4 aromatic rings. The van der Waals surface area contributed by atoms with Gasteiger partial charge in [-0.25, -0.2) is 4.79 Å². The van der Waals surface area contributed by atoms with E-state index in [2.05, 4.69) is 79.1 Å². The molecule has 13 atom stereocenters. The van der Waals surface area contributed by atoms with Gasteiger partial charge in [0.25, 0.3) is 0 Å². The second kappa shape index (κ2) is 45.1. The van der Waals surface area contributed by atoms with Gasteiger partial charge in [-0.3, -0.25) is 71.9 Å². The number of carbonyl (C=O) groups excluding carboxylic acids is 13. The molecule has 2 aromatic carbocycles. The maximum Gasteiger partial charge on any atom is 0.328 e. The Hall–Kier alpha value is -10.3. The molecule has 36 nitrogen and oxygen atoms in total. The molecule has 111 heavy (non-hydrogen) atoms. The van der Waals surface area contributed by atoms with E-state index < -0.39 is 223 Å². The van der Waals surface area contributed by atoms with Gasteiger partial charge in [-0.1, -0.05) is 99.5 Å². The van der Waals surface area contributed by atoms with Gasteiger partial charge in [0.15, 0.2) is 6.04 Å². The van der Waals surface area contributed by atoms with Crippen molar-refractivity contribution in [2.24, 2.45) is 23.5 Å². The number of H-pyrrole nitrogens is 2. The Morgan fingerprint density at radius 3 is 1.63 bits per heavy atom. The standard InChI is InChI=1S/C73H106N16O20S2/c1-36(2)24-51-65(100)77-33-60(94)80-44(21-22-61(95)96)28-58(92)81-52(25-37(3)4)67(102)84-50(38(5)6)29-59(93)82-53(26-42-31-75-47-18-12-10-16-45(42)47)68(103)88-57(72(107)89-63(40(8)90)73(108)109)35-111-110-34-56(87-70(105)55(30-62(97)98)79-41(9)91)71(106)78-39(7)64(99)85-54(27-43-32-76-48-19-13-11-17-46(43)48)69(104)83-49(66(101)86-51)20-14-15-23-74/h10-13,16-19,31-32,36-40,44,49-57,63,75-76,90H,14-15,20-30,33-35,74H2,1-9H3,(H,77,100)(H,78,106)(H,79,91)(H,80,94)(H,81,92)(H,82,93)(H,83,104)(H,84,102)(H,85,99)(H,86,101)(H,87,105)(H,88,103)(H,89,107)(H,95,96)(H,97,98)(H,108,109)/t39-,40+,44-,49-,50+,51-,52-,53-,54-,55-,56-,57-,63-/m0/s1. The second-order valence-electron chi connectivity index (χ2n) is 28.6. The lowest BCUT2D eigenvalue weighted by molar-refractivity contribution is -0.145. The SMILES string of the molecule is CC(=O)N[C@@H](CC(=O)O)C(=O)N[C@H]1CSSC[C@@H](C(=O)N[C@H](C(=O)O)[C@@H](C)O)NC(=O)[C@H](Cc2c[nH]c3ccccc23)NC(=O)C[C@H](C(C)C)NC(=O)[C@H](CC(C)C)NC(=O)C[C@H](CCC(=O)O)NC(=O)CNC(=O)[C@H](CC(C)C)NC(=O)[C@H](CCCCN)NC(=O)[C@H](Cc2c[nH]c3ccccc23)NC(=O)[C@H](C)NC1=O. The summed E-state index contributed by atoms with van der Waals surface area (Å²) in [4.78, 5) is 228. The van der Waals surface area contributed by atoms with Crippen LogP contribution in [0.3, 0.4) is 0 Å². The number of rotatable bonds is 25. The summed E-state index contributed by atoms with van der Waals surface area (Å²) in [5.74, 6) is -18.7. The molecule has 1 aliphatic heterocycles. The monoisotopic (exact) mass is 1590 g/mol. The molecule has 0 unspecified atom stereocenters. The predicted molar refractivity (Wildman–Crippen MR) is 411 cm³/mol. The maximum atomic E-state index is 15.0. The Kier molecular flexibility index (Phi) is 37.1. The zero-order valence-corrected chi connectivity index (χ0v) is 65.2. The first-order valence-corrected chi connectivity index (χ1v) is 39.2. The highest BCUT2D eigenvalue weighted by atomic mass is 33.1. The van der Waals surface area contributed by atoms with Crippen LogP contribution in [0.25, 0.3) is 21.8 Å². The maximum absolute atomic E-state index is 15.0. The molecule has 3 heterocycles. The van der Waals surface area contributed by atoms with Crippen molar-refractivity contribution in [3.8, 4) is 0 Å². The zero-order chi connectivity index (χ0) is 82.3. The summed E-state index contributed by atoms with van der Waals surface area (Å²) in [6.07, 6.45) is -1.25. The Morgan fingerprint density at radius 2 is 1.08 bits per heavy atom. The number of aliphatic hydroxyl groups excluding tert-OH is 1. The Bertz CT molecular complexity index is 3930. The number of carboxylic acids is 3. The van der Waals surface area contributed by atoms with Crippen LogP contribution in [-0.2, 0) is 89.6 Å². The van der Waals surface area contributed by atoms with Crippen molar-refractivity contribution in [2.45, 2.75) is 218 Å². The first-order valence-electron chi connectivity index (χ1n) is 36.7. The van der Waals surface area contributed by atoms with E-state index in [-0.39, 0.29) is 63.3 Å². The van der Waals surface area contributed by atoms with Gasteiger partial charge >= 0.3 is 17.9 Å². The summed E-state index contributed by atoms with van der Waals surface area (Å²) < 4.78 is 0. The van der Waals surface area contributed by atoms with E-state index in [4.69, 9.17) is 5.73 Å². The Labute approximate surface area is 649 Å². The highest BCUT2D eigenvalue weighted by Crippen LogP contribution is 2.26. The van der Waals surface area contributed by atoms with E-state index in [1.54, 1.807) is 102 Å². The number of aromatic amines is 2. The van der Waals surface area contributed by atoms with E-state index >= 15 is 0 Å². The lowest BCUT2D eigenvalue weighted by Crippen LogP contribution is -2.60. The van der Waals surface area contributed by atoms with Crippen molar-refractivity contribution in [1.29, 1.82) is 0 Å². The minimum atomic E-state index is -1.95. The summed E-state index contributed by atoms with van der Waals surface area (Å²) in [7, 11) is 1.53. The van der Waals surface area contributed by atoms with Gasteiger partial charge in [0.05, 0.1) is 19.1 Å². The number of hydrogen-bond acceptors (Lipinski definition) is 20. The van der Waals surface area contributed by atoms with Crippen molar-refractivity contribution < 1.29 is 97.1 Å². The minimum Gasteiger partial charge on any atom is -0.481 e. The van der Waals surface area contributed by atoms with Crippen LogP contribution in [0.5, 0.6) is 0 Å². The normalized spacial score (nSPS) is 23.0. The molecule has 0 radical (unpaired) electrons. The van der Waals surface area contributed by atoms with Crippen LogP contribution in [0, 0.1) is 17.8 Å². The zero-order valence-electron chi connectivity index (χ0n) is 63.5. The van der Waals surface area contributed by atoms with Gasteiger partial charge in [0.1, 0.15) is 54.4 Å². The molecule has 0 saturated carbocycles. The third-order valence-electron chi connectivity index (χ3n) is 17.9. The van der Waals surface area contributed by atoms with Crippen molar-refractivity contribution in [3.63, 3.8) is 0 Å². The highest BCUT2D eigenvalue weighted by Gasteiger charge is 2.38. The van der Waals surface area contributed by atoms with E-state index in [0.29, 0.717) is 39.4 Å². The number of amides is 13. The number of carbonyl (C=O) groups is 16. The lowest BCUT2D eigenvalue weighted by Gasteiger charge is -2.28. The molecule has 1 saturated heterocycles. The molecule has 1 aliphatic rings. The number of aliphatic hydroxyl groups is 1. The molecular weight excluding hydrogens is 1490 g/mol. The molecule has 2 aromatic heterocycles. The summed E-state index contributed by atoms with van der Waals surface area (Å²) in [5, 5.41) is 74.6. The first-order chi connectivity index (χ1) is 52.4. The van der Waals surface area contributed by atoms with E-state index in [9.17, 15) is 97.1 Å². The van der Waals surface area contributed by atoms with Crippen LogP contribution in [-0.4, -0.2) is 228 Å². The third kappa shape index (κ3) is 30.8. The number of hydrogen-bond donors (Lipinski definition) is 20. The van der Waals surface area contributed by atoms with E-state index in [1.807, 2.05) is 0 Å². The number of aromatic nitrogens is 2. The average Bonchev–Trinajstić information content (AvgIpc) is 1.71. The number of unbranched alkanes of at least 4 members (excludes halogenated alkanes) is 1. The van der Waals surface area contributed by atoms with E-state index in [0.717, 1.165) is 35.4 Å². The van der Waals surface area contributed by atoms with Crippen LogP contribution >= 0.6 is 21.6 Å². The van der Waals surface area contributed by atoms with Crippen LogP contribution in [0.4, 0.5) is 0 Å². The van der Waals surface area contributed by atoms with Crippen molar-refractivity contribution in [3.05, 3.63) is 72.1 Å². The minimum absolute atomic E-state index is 0.00380. The summed E-state index contributed by atoms with van der Waals surface area (Å²) in [6.45, 7) is 13.2. The number of aliphatic carboxylic acids is 3. The summed E-state index contributed by atoms with van der Waals surface area (Å²) in [6, 6.07) is -4.18. The molecule has 5 rings (SSSR count). The number of nitrogens with one attached hydrogen (secondary N) is 15. The molecule has 0 bridgehead atoms. The Morgan fingerprint density at radius 1 is 0.559 bits per heavy atom. The van der Waals surface area contributed by atoms with Crippen LogP contribution in [0.1, 0.15) is 138 Å².